The first-order valence-electron chi connectivity index (χ1n) is 9.23. The molecule has 1 aliphatic heterocycles. The van der Waals surface area contributed by atoms with Gasteiger partial charge in [0.2, 0.25) is 5.91 Å². The van der Waals surface area contributed by atoms with Crippen LogP contribution in [-0.2, 0) is 4.79 Å². The fraction of sp³-hybridized carbons (Fsp3) is 0.286. The Kier molecular flexibility index (Phi) is 4.62. The van der Waals surface area contributed by atoms with Crippen LogP contribution in [-0.4, -0.2) is 30.3 Å². The molecule has 0 radical (unpaired) electrons. The molecule has 0 atom stereocenters. The number of anilines is 2. The highest BCUT2D eigenvalue weighted by molar-refractivity contribution is 6.09. The van der Waals surface area contributed by atoms with Gasteiger partial charge in [-0.1, -0.05) is 12.1 Å². The van der Waals surface area contributed by atoms with E-state index < -0.39 is 0 Å². The van der Waals surface area contributed by atoms with Crippen molar-refractivity contribution < 1.29 is 14.4 Å². The Morgan fingerprint density at radius 1 is 0.963 bits per heavy atom. The number of rotatable bonds is 5. The first-order chi connectivity index (χ1) is 13.1. The number of hydrogen-bond donors (Lipinski definition) is 2. The lowest BCUT2D eigenvalue weighted by atomic mass is 10.1. The number of nitrogens with one attached hydrogen (secondary N) is 2. The van der Waals surface area contributed by atoms with Gasteiger partial charge in [-0.05, 0) is 55.7 Å². The van der Waals surface area contributed by atoms with Gasteiger partial charge in [0, 0.05) is 30.3 Å². The van der Waals surface area contributed by atoms with E-state index in [0.29, 0.717) is 29.8 Å². The van der Waals surface area contributed by atoms with E-state index in [1.807, 2.05) is 0 Å². The fourth-order valence-electron chi connectivity index (χ4n) is 3.19. The van der Waals surface area contributed by atoms with E-state index >= 15 is 0 Å². The number of benzene rings is 2. The topological polar surface area (TPSA) is 78.5 Å². The predicted octanol–water partition coefficient (Wildman–Crippen LogP) is 2.96. The number of carbonyl (C=O) groups excluding carboxylic acids is 3. The second-order valence-corrected chi connectivity index (χ2v) is 6.94. The summed E-state index contributed by atoms with van der Waals surface area (Å²) < 4.78 is 0. The van der Waals surface area contributed by atoms with Crippen LogP contribution in [0, 0.1) is 0 Å². The summed E-state index contributed by atoms with van der Waals surface area (Å²) in [4.78, 5) is 38.5. The average Bonchev–Trinajstić information content (AvgIpc) is 3.39. The zero-order valence-corrected chi connectivity index (χ0v) is 14.9. The molecule has 1 saturated carbocycles. The molecule has 2 aromatic rings. The predicted molar refractivity (Wildman–Crippen MR) is 103 cm³/mol. The first-order valence-corrected chi connectivity index (χ1v) is 9.23. The van der Waals surface area contributed by atoms with Crippen molar-refractivity contribution in [2.24, 2.45) is 0 Å². The van der Waals surface area contributed by atoms with Crippen LogP contribution >= 0.6 is 0 Å². The molecular weight excluding hydrogens is 342 g/mol. The zero-order chi connectivity index (χ0) is 18.8. The Morgan fingerprint density at radius 3 is 2.37 bits per heavy atom. The van der Waals surface area contributed by atoms with Gasteiger partial charge in [0.05, 0.1) is 11.3 Å². The highest BCUT2D eigenvalue weighted by atomic mass is 16.2. The minimum Gasteiger partial charge on any atom is -0.349 e. The van der Waals surface area contributed by atoms with Gasteiger partial charge in [0.25, 0.3) is 11.8 Å². The van der Waals surface area contributed by atoms with Gasteiger partial charge in [-0.3, -0.25) is 14.4 Å². The van der Waals surface area contributed by atoms with Gasteiger partial charge in [0.1, 0.15) is 0 Å². The van der Waals surface area contributed by atoms with Crippen molar-refractivity contribution in [3.8, 4) is 0 Å². The second-order valence-electron chi connectivity index (χ2n) is 6.94. The minimum absolute atomic E-state index is 0.114. The minimum atomic E-state index is -0.291. The van der Waals surface area contributed by atoms with Crippen LogP contribution < -0.4 is 15.5 Å². The smallest absolute Gasteiger partial charge is 0.255 e. The summed E-state index contributed by atoms with van der Waals surface area (Å²) >= 11 is 0. The van der Waals surface area contributed by atoms with Crippen molar-refractivity contribution in [2.75, 3.05) is 16.8 Å². The molecule has 0 unspecified atom stereocenters. The largest absolute Gasteiger partial charge is 0.349 e. The highest BCUT2D eigenvalue weighted by Gasteiger charge is 2.25. The summed E-state index contributed by atoms with van der Waals surface area (Å²) in [7, 11) is 0. The van der Waals surface area contributed by atoms with E-state index in [-0.39, 0.29) is 23.8 Å². The van der Waals surface area contributed by atoms with Crippen molar-refractivity contribution in [3.63, 3.8) is 0 Å². The molecule has 0 spiro atoms. The van der Waals surface area contributed by atoms with E-state index in [4.69, 9.17) is 0 Å². The van der Waals surface area contributed by atoms with Crippen LogP contribution in [0.4, 0.5) is 11.4 Å². The van der Waals surface area contributed by atoms with Gasteiger partial charge in [-0.15, -0.1) is 0 Å². The molecule has 2 aromatic carbocycles. The Morgan fingerprint density at radius 2 is 1.70 bits per heavy atom. The standard InChI is InChI=1S/C21H21N3O3/c25-19-6-3-13-24(19)16-11-7-14(8-12-16)20(26)23-18-5-2-1-4-17(18)21(27)22-15-9-10-15/h1-2,4-5,7-8,11-12,15H,3,6,9-10,13H2,(H,22,27)(H,23,26). The SMILES string of the molecule is O=C(Nc1ccccc1C(=O)NC1CC1)c1ccc(N2CCCC2=O)cc1. The number of para-hydroxylation sites is 1. The molecule has 3 amide bonds. The lowest BCUT2D eigenvalue weighted by molar-refractivity contribution is -0.117. The van der Waals surface area contributed by atoms with Crippen molar-refractivity contribution in [2.45, 2.75) is 31.7 Å². The Hall–Kier alpha value is -3.15. The number of carbonyl (C=O) groups is 3. The molecule has 2 N–H and O–H groups in total. The molecule has 0 aromatic heterocycles. The highest BCUT2D eigenvalue weighted by Crippen LogP contribution is 2.24. The third-order valence-electron chi connectivity index (χ3n) is 4.85. The van der Waals surface area contributed by atoms with Crippen molar-refractivity contribution in [3.05, 3.63) is 59.7 Å². The third kappa shape index (κ3) is 3.84. The molecule has 6 heteroatoms. The maximum Gasteiger partial charge on any atom is 0.255 e. The van der Waals surface area contributed by atoms with Crippen LogP contribution in [0.3, 0.4) is 0 Å². The van der Waals surface area contributed by atoms with E-state index in [0.717, 1.165) is 24.9 Å². The quantitative estimate of drug-likeness (QED) is 0.857. The fourth-order valence-corrected chi connectivity index (χ4v) is 3.19. The summed E-state index contributed by atoms with van der Waals surface area (Å²) in [5.74, 6) is -0.347. The first kappa shape index (κ1) is 17.3. The molecule has 27 heavy (non-hydrogen) atoms. The number of amides is 3. The summed E-state index contributed by atoms with van der Waals surface area (Å²) in [5.41, 5.74) is 2.22. The van der Waals surface area contributed by atoms with Gasteiger partial charge in [-0.25, -0.2) is 0 Å². The molecule has 2 fully saturated rings. The van der Waals surface area contributed by atoms with Gasteiger partial charge >= 0.3 is 0 Å². The monoisotopic (exact) mass is 363 g/mol. The lowest BCUT2D eigenvalue weighted by Gasteiger charge is -2.16. The van der Waals surface area contributed by atoms with Crippen LogP contribution in [0.1, 0.15) is 46.4 Å². The molecule has 0 bridgehead atoms. The number of nitrogens with zero attached hydrogens (tertiary/aromatic N) is 1. The second kappa shape index (κ2) is 7.23. The zero-order valence-electron chi connectivity index (χ0n) is 14.9. The Bertz CT molecular complexity index is 888. The average molecular weight is 363 g/mol. The van der Waals surface area contributed by atoms with Crippen molar-refractivity contribution in [1.29, 1.82) is 0 Å². The summed E-state index contributed by atoms with van der Waals surface area (Å²) in [6.07, 6.45) is 3.45. The van der Waals surface area contributed by atoms with Crippen molar-refractivity contribution in [1.82, 2.24) is 5.32 Å². The summed E-state index contributed by atoms with van der Waals surface area (Å²) in [6, 6.07) is 14.2. The molecule has 4 rings (SSSR count). The lowest BCUT2D eigenvalue weighted by Crippen LogP contribution is -2.27. The van der Waals surface area contributed by atoms with E-state index in [2.05, 4.69) is 10.6 Å². The maximum absolute atomic E-state index is 12.6. The van der Waals surface area contributed by atoms with Crippen LogP contribution in [0.25, 0.3) is 0 Å². The Labute approximate surface area is 157 Å². The van der Waals surface area contributed by atoms with Crippen LogP contribution in [0.15, 0.2) is 48.5 Å². The molecule has 1 saturated heterocycles. The van der Waals surface area contributed by atoms with E-state index in [1.54, 1.807) is 53.4 Å². The van der Waals surface area contributed by atoms with Crippen molar-refractivity contribution >= 4 is 29.1 Å². The van der Waals surface area contributed by atoms with Gasteiger partial charge in [0.15, 0.2) is 0 Å². The number of hydrogen-bond acceptors (Lipinski definition) is 3. The molecular formula is C21H21N3O3. The van der Waals surface area contributed by atoms with Gasteiger partial charge in [-0.2, -0.15) is 0 Å². The molecule has 2 aliphatic rings. The molecule has 138 valence electrons. The normalized spacial score (nSPS) is 16.3. The van der Waals surface area contributed by atoms with E-state index in [9.17, 15) is 14.4 Å². The summed E-state index contributed by atoms with van der Waals surface area (Å²) in [6.45, 7) is 0.716. The van der Waals surface area contributed by atoms with Crippen LogP contribution in [0.2, 0.25) is 0 Å². The van der Waals surface area contributed by atoms with E-state index in [1.165, 1.54) is 0 Å². The molecule has 6 nitrogen and oxygen atoms in total. The third-order valence-corrected chi connectivity index (χ3v) is 4.85. The Balaban J connectivity index is 1.47. The summed E-state index contributed by atoms with van der Waals surface area (Å²) in [5, 5.41) is 5.76. The van der Waals surface area contributed by atoms with Gasteiger partial charge < -0.3 is 15.5 Å². The molecule has 1 aliphatic carbocycles. The maximum atomic E-state index is 12.6. The molecule has 1 heterocycles. The van der Waals surface area contributed by atoms with Crippen LogP contribution in [0.5, 0.6) is 0 Å².